The Morgan fingerprint density at radius 3 is 2.40 bits per heavy atom. The Balaban J connectivity index is 1.60. The predicted molar refractivity (Wildman–Crippen MR) is 153 cm³/mol. The molecule has 0 fully saturated rings. The fourth-order valence-corrected chi connectivity index (χ4v) is 6.69. The number of anilines is 2. The van der Waals surface area contributed by atoms with E-state index in [2.05, 4.69) is 9.71 Å². The summed E-state index contributed by atoms with van der Waals surface area (Å²) in [6.07, 6.45) is 1.04. The van der Waals surface area contributed by atoms with Gasteiger partial charge in [-0.15, -0.1) is 0 Å². The van der Waals surface area contributed by atoms with Gasteiger partial charge in [0, 0.05) is 10.5 Å². The number of ketones is 1. The first kappa shape index (κ1) is 29.3. The summed E-state index contributed by atoms with van der Waals surface area (Å²) in [5.74, 6) is -1.12. The number of carbonyl (C=O) groups is 2. The molecule has 14 heteroatoms. The highest BCUT2D eigenvalue weighted by molar-refractivity contribution is 8.00. The zero-order chi connectivity index (χ0) is 29.1. The van der Waals surface area contributed by atoms with E-state index in [9.17, 15) is 26.4 Å². The summed E-state index contributed by atoms with van der Waals surface area (Å²) >= 11 is 1.12. The number of benzene rings is 3. The highest BCUT2D eigenvalue weighted by atomic mass is 32.2. The molecule has 0 saturated carbocycles. The first-order chi connectivity index (χ1) is 18.9. The molecule has 4 rings (SSSR count). The summed E-state index contributed by atoms with van der Waals surface area (Å²) in [4.78, 5) is 31.8. The van der Waals surface area contributed by atoms with E-state index in [4.69, 9.17) is 9.88 Å². The number of rotatable bonds is 10. The van der Waals surface area contributed by atoms with E-state index in [1.807, 2.05) is 6.92 Å². The third-order valence-corrected chi connectivity index (χ3v) is 9.22. The molecular formula is C26H26N4O7S3. The number of primary sulfonamides is 1. The average molecular weight is 603 g/mol. The average Bonchev–Trinajstić information content (AvgIpc) is 3.23. The van der Waals surface area contributed by atoms with Gasteiger partial charge in [0.25, 0.3) is 10.0 Å². The van der Waals surface area contributed by atoms with Crippen LogP contribution in [-0.4, -0.2) is 53.5 Å². The van der Waals surface area contributed by atoms with Gasteiger partial charge in [-0.05, 0) is 56.3 Å². The summed E-state index contributed by atoms with van der Waals surface area (Å²) in [5.41, 5.74) is 0.747. The van der Waals surface area contributed by atoms with Crippen LogP contribution in [0, 0.1) is 6.92 Å². The van der Waals surface area contributed by atoms with Crippen molar-refractivity contribution < 1.29 is 31.2 Å². The smallest absolute Gasteiger partial charge is 0.325 e. The van der Waals surface area contributed by atoms with Crippen LogP contribution in [0.1, 0.15) is 22.8 Å². The van der Waals surface area contributed by atoms with Gasteiger partial charge in [0.2, 0.25) is 15.8 Å². The van der Waals surface area contributed by atoms with E-state index >= 15 is 0 Å². The molecule has 0 bridgehead atoms. The number of esters is 1. The second kappa shape index (κ2) is 11.8. The molecule has 3 aromatic rings. The minimum Gasteiger partial charge on any atom is -0.465 e. The number of fused-ring (bicyclic) bond motifs is 1. The third-order valence-electron chi connectivity index (χ3n) is 5.76. The van der Waals surface area contributed by atoms with Crippen LogP contribution in [0.15, 0.2) is 86.4 Å². The fraction of sp³-hybridized carbons (Fsp3) is 0.192. The largest absolute Gasteiger partial charge is 0.465 e. The molecule has 3 N–H and O–H groups in total. The lowest BCUT2D eigenvalue weighted by atomic mass is 10.1. The summed E-state index contributed by atoms with van der Waals surface area (Å²) in [7, 11) is -7.93. The molecule has 1 heterocycles. The Labute approximate surface area is 236 Å². The molecule has 40 heavy (non-hydrogen) atoms. The first-order valence-corrected chi connectivity index (χ1v) is 15.8. The maximum atomic E-state index is 13.2. The Hall–Kier alpha value is -3.72. The lowest BCUT2D eigenvalue weighted by Crippen LogP contribution is -2.34. The summed E-state index contributed by atoms with van der Waals surface area (Å²) < 4.78 is 57.0. The molecule has 1 atom stereocenters. The Kier molecular flexibility index (Phi) is 8.63. The highest BCUT2D eigenvalue weighted by Crippen LogP contribution is 2.44. The molecule has 1 aliphatic heterocycles. The van der Waals surface area contributed by atoms with Gasteiger partial charge in [0.05, 0.1) is 34.0 Å². The molecule has 0 spiro atoms. The molecule has 1 unspecified atom stereocenters. The molecule has 11 nitrogen and oxygen atoms in total. The van der Waals surface area contributed by atoms with Crippen LogP contribution in [0.25, 0.3) is 0 Å². The number of aryl methyl sites for hydroxylation is 1. The van der Waals surface area contributed by atoms with Crippen LogP contribution in [0.4, 0.5) is 11.4 Å². The molecule has 0 aromatic heterocycles. The van der Waals surface area contributed by atoms with Crippen LogP contribution in [-0.2, 0) is 29.6 Å². The van der Waals surface area contributed by atoms with Gasteiger partial charge in [-0.3, -0.25) is 19.3 Å². The lowest BCUT2D eigenvalue weighted by Gasteiger charge is -2.22. The molecule has 0 aliphatic carbocycles. The molecule has 210 valence electrons. The number of sulfonamides is 2. The standard InChI is InChI=1S/C26H26N4O7S3/c1-3-37-25(32)16-30-22-13-12-19(39(27,33)34)14-24(22)38-26(30)28-15-23(31)20-6-4-5-7-21(20)29-40(35,36)18-10-8-17(2)9-11-18/h4-15,26,29H,3,16H2,1-2H3,(H2,27,33,34). The second-order valence-electron chi connectivity index (χ2n) is 8.66. The molecule has 0 radical (unpaired) electrons. The van der Waals surface area contributed by atoms with E-state index in [0.717, 1.165) is 23.5 Å². The summed E-state index contributed by atoms with van der Waals surface area (Å²) in [5, 5.41) is 5.26. The first-order valence-electron chi connectivity index (χ1n) is 11.9. The van der Waals surface area contributed by atoms with Crippen molar-refractivity contribution in [2.75, 3.05) is 22.8 Å². The molecule has 0 amide bonds. The summed E-state index contributed by atoms with van der Waals surface area (Å²) in [6, 6.07) is 16.6. The normalized spacial score (nSPS) is 15.2. The van der Waals surface area contributed by atoms with Crippen molar-refractivity contribution in [3.63, 3.8) is 0 Å². The number of nitrogens with two attached hydrogens (primary N) is 1. The van der Waals surface area contributed by atoms with Crippen molar-refractivity contribution in [3.05, 3.63) is 77.9 Å². The topological polar surface area (TPSA) is 165 Å². The number of carbonyl (C=O) groups excluding carboxylic acids is 2. The van der Waals surface area contributed by atoms with Gasteiger partial charge in [0.1, 0.15) is 6.54 Å². The number of nitrogens with one attached hydrogen (secondary N) is 1. The van der Waals surface area contributed by atoms with Crippen LogP contribution in [0.3, 0.4) is 0 Å². The van der Waals surface area contributed by atoms with Gasteiger partial charge in [0.15, 0.2) is 5.50 Å². The Morgan fingerprint density at radius 1 is 1.05 bits per heavy atom. The molecule has 3 aromatic carbocycles. The summed E-state index contributed by atoms with van der Waals surface area (Å²) in [6.45, 7) is 3.47. The van der Waals surface area contributed by atoms with Crippen LogP contribution >= 0.6 is 11.8 Å². The van der Waals surface area contributed by atoms with E-state index in [1.165, 1.54) is 42.5 Å². The van der Waals surface area contributed by atoms with Crippen LogP contribution < -0.4 is 14.8 Å². The number of hydrogen-bond acceptors (Lipinski definition) is 10. The Bertz CT molecular complexity index is 1690. The maximum absolute atomic E-state index is 13.2. The second-order valence-corrected chi connectivity index (χ2v) is 13.0. The number of hydrogen-bond donors (Lipinski definition) is 2. The van der Waals surface area contributed by atoms with Crippen LogP contribution in [0.5, 0.6) is 0 Å². The minimum absolute atomic E-state index is 0.0441. The van der Waals surface area contributed by atoms with E-state index in [-0.39, 0.29) is 34.2 Å². The van der Waals surface area contributed by atoms with Crippen molar-refractivity contribution >= 4 is 61.2 Å². The molecule has 0 saturated heterocycles. The Morgan fingerprint density at radius 2 is 1.73 bits per heavy atom. The zero-order valence-electron chi connectivity index (χ0n) is 21.5. The predicted octanol–water partition coefficient (Wildman–Crippen LogP) is 3.16. The third kappa shape index (κ3) is 6.70. The number of aliphatic imine (C=N–C) groups is 1. The van der Waals surface area contributed by atoms with Crippen molar-refractivity contribution in [2.45, 2.75) is 34.0 Å². The van der Waals surface area contributed by atoms with Gasteiger partial charge in [-0.25, -0.2) is 22.0 Å². The van der Waals surface area contributed by atoms with Crippen molar-refractivity contribution in [1.82, 2.24) is 0 Å². The number of para-hydroxylation sites is 1. The van der Waals surface area contributed by atoms with Crippen LogP contribution in [0.2, 0.25) is 0 Å². The lowest BCUT2D eigenvalue weighted by molar-refractivity contribution is -0.141. The monoisotopic (exact) mass is 602 g/mol. The van der Waals surface area contributed by atoms with E-state index < -0.39 is 37.3 Å². The number of ether oxygens (including phenoxy) is 1. The van der Waals surface area contributed by atoms with Gasteiger partial charge >= 0.3 is 5.97 Å². The van der Waals surface area contributed by atoms with E-state index in [1.54, 1.807) is 36.1 Å². The van der Waals surface area contributed by atoms with E-state index in [0.29, 0.717) is 10.6 Å². The van der Waals surface area contributed by atoms with Gasteiger partial charge < -0.3 is 9.64 Å². The van der Waals surface area contributed by atoms with Crippen molar-refractivity contribution in [2.24, 2.45) is 10.1 Å². The minimum atomic E-state index is -3.97. The van der Waals surface area contributed by atoms with Gasteiger partial charge in [-0.1, -0.05) is 41.6 Å². The SMILES string of the molecule is CCOC(=O)CN1c2ccc(S(N)(=O)=O)cc2SC1N=CC(=O)c1ccccc1NS(=O)(=O)c1ccc(C)cc1. The zero-order valence-corrected chi connectivity index (χ0v) is 23.9. The number of Topliss-reactive ketones (excluding diaryl/α,β-unsaturated/α-hetero) is 1. The maximum Gasteiger partial charge on any atom is 0.325 e. The number of thioether (sulfide) groups is 1. The molecule has 1 aliphatic rings. The van der Waals surface area contributed by atoms with Crippen molar-refractivity contribution in [1.29, 1.82) is 0 Å². The quantitative estimate of drug-likeness (QED) is 0.201. The molecular weight excluding hydrogens is 577 g/mol. The van der Waals surface area contributed by atoms with Crippen molar-refractivity contribution in [3.8, 4) is 0 Å². The highest BCUT2D eigenvalue weighted by Gasteiger charge is 2.32. The fourth-order valence-electron chi connectivity index (χ4n) is 3.83. The number of nitrogens with zero attached hydrogens (tertiary/aromatic N) is 2. The van der Waals surface area contributed by atoms with Gasteiger partial charge in [-0.2, -0.15) is 0 Å².